The number of rotatable bonds is 5. The maximum absolute atomic E-state index is 11.6. The summed E-state index contributed by atoms with van der Waals surface area (Å²) in [7, 11) is 0. The highest BCUT2D eigenvalue weighted by atomic mass is 16.6. The minimum absolute atomic E-state index is 0.169. The molecule has 2 aromatic heterocycles. The molecule has 0 atom stereocenters. The van der Waals surface area contributed by atoms with Crippen molar-refractivity contribution in [2.24, 2.45) is 0 Å². The van der Waals surface area contributed by atoms with Crippen molar-refractivity contribution in [3.8, 4) is 0 Å². The molecule has 0 unspecified atom stereocenters. The minimum atomic E-state index is -0.298. The summed E-state index contributed by atoms with van der Waals surface area (Å²) in [5, 5.41) is 20.0. The summed E-state index contributed by atoms with van der Waals surface area (Å²) in [6.45, 7) is 4.60. The van der Waals surface area contributed by atoms with Crippen molar-refractivity contribution in [1.29, 1.82) is 0 Å². The molecule has 0 spiro atoms. The van der Waals surface area contributed by atoms with Crippen LogP contribution in [0.2, 0.25) is 0 Å². The van der Waals surface area contributed by atoms with Gasteiger partial charge in [0, 0.05) is 30.4 Å². The molecule has 0 saturated carbocycles. The second-order valence-electron chi connectivity index (χ2n) is 5.47. The summed E-state index contributed by atoms with van der Waals surface area (Å²) < 4.78 is 3.46. The van der Waals surface area contributed by atoms with Gasteiger partial charge in [0.25, 0.3) is 5.69 Å². The quantitative estimate of drug-likeness (QED) is 0.536. The van der Waals surface area contributed by atoms with E-state index >= 15 is 0 Å². The maximum atomic E-state index is 11.6. The highest BCUT2D eigenvalue weighted by Gasteiger charge is 2.23. The van der Waals surface area contributed by atoms with Crippen LogP contribution in [0, 0.1) is 24.0 Å². The van der Waals surface area contributed by atoms with Gasteiger partial charge in [-0.1, -0.05) is 6.07 Å². The molecule has 0 N–H and O–H groups in total. The normalized spacial score (nSPS) is 10.9. The highest BCUT2D eigenvalue weighted by molar-refractivity contribution is 5.55. The van der Waals surface area contributed by atoms with Crippen molar-refractivity contribution in [1.82, 2.24) is 19.6 Å². The number of benzene rings is 1. The zero-order chi connectivity index (χ0) is 16.4. The van der Waals surface area contributed by atoms with Gasteiger partial charge in [0.15, 0.2) is 0 Å². The molecule has 3 aromatic rings. The van der Waals surface area contributed by atoms with Crippen LogP contribution >= 0.6 is 0 Å². The van der Waals surface area contributed by atoms with Crippen LogP contribution in [0.1, 0.15) is 22.3 Å². The van der Waals surface area contributed by atoms with Crippen molar-refractivity contribution >= 4 is 5.69 Å². The highest BCUT2D eigenvalue weighted by Crippen LogP contribution is 2.30. The van der Waals surface area contributed by atoms with Gasteiger partial charge in [-0.2, -0.15) is 10.2 Å². The Morgan fingerprint density at radius 2 is 1.70 bits per heavy atom. The summed E-state index contributed by atoms with van der Waals surface area (Å²) in [5.74, 6) is 0. The second-order valence-corrected chi connectivity index (χ2v) is 5.47. The molecular weight excluding hydrogens is 294 g/mol. The number of nitro groups is 1. The lowest BCUT2D eigenvalue weighted by atomic mass is 9.97. The Morgan fingerprint density at radius 1 is 1.09 bits per heavy atom. The SMILES string of the molecule is Cc1cc(Cn2cccn2)c(C)c([N+](=O)[O-])c1Cn1cccn1. The van der Waals surface area contributed by atoms with E-state index in [2.05, 4.69) is 10.2 Å². The van der Waals surface area contributed by atoms with Crippen LogP contribution in [0.4, 0.5) is 5.69 Å². The molecule has 1 aromatic carbocycles. The first-order valence-corrected chi connectivity index (χ1v) is 7.27. The molecule has 118 valence electrons. The summed E-state index contributed by atoms with van der Waals surface area (Å²) in [6, 6.07) is 5.64. The first kappa shape index (κ1) is 15.0. The van der Waals surface area contributed by atoms with Gasteiger partial charge in [-0.25, -0.2) is 0 Å². The molecule has 0 aliphatic heterocycles. The molecule has 3 rings (SSSR count). The molecule has 2 heterocycles. The molecule has 23 heavy (non-hydrogen) atoms. The second kappa shape index (κ2) is 6.04. The van der Waals surface area contributed by atoms with E-state index in [1.54, 1.807) is 40.9 Å². The van der Waals surface area contributed by atoms with E-state index in [-0.39, 0.29) is 10.6 Å². The lowest BCUT2D eigenvalue weighted by Crippen LogP contribution is -2.10. The Kier molecular flexibility index (Phi) is 3.92. The van der Waals surface area contributed by atoms with E-state index in [1.807, 2.05) is 25.3 Å². The van der Waals surface area contributed by atoms with Crippen LogP contribution < -0.4 is 0 Å². The standard InChI is InChI=1S/C16H17N5O2/c1-12-9-14(10-19-7-3-5-17-19)13(2)16(21(22)23)15(12)11-20-8-4-6-18-20/h3-9H,10-11H2,1-2H3. The zero-order valence-electron chi connectivity index (χ0n) is 13.0. The van der Waals surface area contributed by atoms with Gasteiger partial charge in [-0.15, -0.1) is 0 Å². The van der Waals surface area contributed by atoms with Crippen molar-refractivity contribution in [3.63, 3.8) is 0 Å². The lowest BCUT2D eigenvalue weighted by Gasteiger charge is -2.14. The van der Waals surface area contributed by atoms with Crippen molar-refractivity contribution in [2.75, 3.05) is 0 Å². The first-order chi connectivity index (χ1) is 11.1. The van der Waals surface area contributed by atoms with Gasteiger partial charge >= 0.3 is 0 Å². The lowest BCUT2D eigenvalue weighted by molar-refractivity contribution is -0.386. The molecule has 7 heteroatoms. The van der Waals surface area contributed by atoms with Crippen LogP contribution in [-0.4, -0.2) is 24.5 Å². The van der Waals surface area contributed by atoms with Crippen molar-refractivity contribution < 1.29 is 4.92 Å². The third-order valence-electron chi connectivity index (χ3n) is 3.94. The van der Waals surface area contributed by atoms with Crippen LogP contribution in [0.25, 0.3) is 0 Å². The Labute approximate surface area is 133 Å². The van der Waals surface area contributed by atoms with Crippen LogP contribution in [0.15, 0.2) is 43.0 Å². The molecule has 0 saturated heterocycles. The van der Waals surface area contributed by atoms with E-state index < -0.39 is 0 Å². The fourth-order valence-corrected chi connectivity index (χ4v) is 2.76. The zero-order valence-corrected chi connectivity index (χ0v) is 13.0. The molecule has 0 fully saturated rings. The fraction of sp³-hybridized carbons (Fsp3) is 0.250. The summed E-state index contributed by atoms with van der Waals surface area (Å²) in [6.07, 6.45) is 7.01. The number of hydrogen-bond donors (Lipinski definition) is 0. The number of nitrogens with zero attached hydrogens (tertiary/aromatic N) is 5. The van der Waals surface area contributed by atoms with Gasteiger partial charge in [-0.3, -0.25) is 19.5 Å². The van der Waals surface area contributed by atoms with E-state index in [1.165, 1.54) is 0 Å². The van der Waals surface area contributed by atoms with Crippen LogP contribution in [0.3, 0.4) is 0 Å². The maximum Gasteiger partial charge on any atom is 0.277 e. The van der Waals surface area contributed by atoms with E-state index in [0.29, 0.717) is 24.2 Å². The number of aromatic nitrogens is 4. The molecule has 7 nitrogen and oxygen atoms in total. The Bertz CT molecular complexity index is 823. The summed E-state index contributed by atoms with van der Waals surface area (Å²) in [5.41, 5.74) is 3.34. The molecule has 0 bridgehead atoms. The topological polar surface area (TPSA) is 78.8 Å². The van der Waals surface area contributed by atoms with Gasteiger partial charge in [0.05, 0.1) is 23.6 Å². The predicted octanol–water partition coefficient (Wildman–Crippen LogP) is 2.70. The molecule has 0 radical (unpaired) electrons. The third-order valence-corrected chi connectivity index (χ3v) is 3.94. The summed E-state index contributed by atoms with van der Waals surface area (Å²) in [4.78, 5) is 11.3. The van der Waals surface area contributed by atoms with Crippen molar-refractivity contribution in [3.05, 3.63) is 75.4 Å². The first-order valence-electron chi connectivity index (χ1n) is 7.27. The molecular formula is C16H17N5O2. The number of nitro benzene ring substituents is 1. The van der Waals surface area contributed by atoms with Gasteiger partial charge in [0.1, 0.15) is 0 Å². The van der Waals surface area contributed by atoms with Gasteiger partial charge in [-0.05, 0) is 37.1 Å². The minimum Gasteiger partial charge on any atom is -0.268 e. The summed E-state index contributed by atoms with van der Waals surface area (Å²) >= 11 is 0. The molecule has 0 amide bonds. The third kappa shape index (κ3) is 2.98. The number of hydrogen-bond acceptors (Lipinski definition) is 4. The van der Waals surface area contributed by atoms with E-state index in [4.69, 9.17) is 0 Å². The van der Waals surface area contributed by atoms with Crippen LogP contribution in [0.5, 0.6) is 0 Å². The largest absolute Gasteiger partial charge is 0.277 e. The van der Waals surface area contributed by atoms with E-state index in [0.717, 1.165) is 11.1 Å². The predicted molar refractivity (Wildman–Crippen MR) is 85.2 cm³/mol. The monoisotopic (exact) mass is 311 g/mol. The smallest absolute Gasteiger partial charge is 0.268 e. The molecule has 0 aliphatic carbocycles. The average Bonchev–Trinajstić information content (AvgIpc) is 3.17. The van der Waals surface area contributed by atoms with Crippen molar-refractivity contribution in [2.45, 2.75) is 26.9 Å². The fourth-order valence-electron chi connectivity index (χ4n) is 2.76. The van der Waals surface area contributed by atoms with Gasteiger partial charge < -0.3 is 0 Å². The Hall–Kier alpha value is -2.96. The number of aryl methyl sites for hydroxylation is 1. The van der Waals surface area contributed by atoms with Crippen LogP contribution in [-0.2, 0) is 13.1 Å². The van der Waals surface area contributed by atoms with Gasteiger partial charge in [0.2, 0.25) is 0 Å². The average molecular weight is 311 g/mol. The Morgan fingerprint density at radius 3 is 2.22 bits per heavy atom. The Balaban J connectivity index is 2.06. The molecule has 0 aliphatic rings. The van der Waals surface area contributed by atoms with E-state index in [9.17, 15) is 10.1 Å².